The quantitative estimate of drug-likeness (QED) is 0.477. The molecule has 0 aromatic carbocycles. The van der Waals surface area contributed by atoms with E-state index in [4.69, 9.17) is 18.4 Å². The second kappa shape index (κ2) is 6.23. The number of hydrogen-bond acceptors (Lipinski definition) is 5. The smallest absolute Gasteiger partial charge is 0.308 e. The fraction of sp³-hybridized carbons (Fsp3) is 0.875. The van der Waals surface area contributed by atoms with E-state index in [9.17, 15) is 4.79 Å². The van der Waals surface area contributed by atoms with Crippen molar-refractivity contribution in [3.63, 3.8) is 0 Å². The molecule has 3 N–H and O–H groups in total. The van der Waals surface area contributed by atoms with Gasteiger partial charge in [0.2, 0.25) is 0 Å². The predicted octanol–water partition coefficient (Wildman–Crippen LogP) is 2.19. The van der Waals surface area contributed by atoms with Crippen LogP contribution in [0.25, 0.3) is 0 Å². The molecule has 5 nitrogen and oxygen atoms in total. The lowest BCUT2D eigenvalue weighted by atomic mass is 10.1. The van der Waals surface area contributed by atoms with Gasteiger partial charge in [0.25, 0.3) is 0 Å². The maximum atomic E-state index is 11.1. The fourth-order valence-electron chi connectivity index (χ4n) is 0.734. The average Bonchev–Trinajstić information content (AvgIpc) is 2.09. The summed E-state index contributed by atoms with van der Waals surface area (Å²) in [6.45, 7) is 3.76. The van der Waals surface area contributed by atoms with Crippen LogP contribution in [-0.4, -0.2) is 32.0 Å². The van der Waals surface area contributed by atoms with Crippen molar-refractivity contribution < 1.29 is 23.2 Å². The van der Waals surface area contributed by atoms with Crippen LogP contribution in [0.5, 0.6) is 0 Å². The topological polar surface area (TPSA) is 87.0 Å². The van der Waals surface area contributed by atoms with Crippen LogP contribution in [0.15, 0.2) is 0 Å². The average molecular weight is 226 g/mol. The van der Waals surface area contributed by atoms with Gasteiger partial charge in [-0.05, 0) is 12.8 Å². The summed E-state index contributed by atoms with van der Waals surface area (Å²) in [4.78, 5) is 11.1. The van der Waals surface area contributed by atoms with E-state index >= 15 is 0 Å². The lowest BCUT2D eigenvalue weighted by molar-refractivity contribution is -0.148. The Balaban J connectivity index is 3.51. The van der Waals surface area contributed by atoms with E-state index in [1.165, 1.54) is 0 Å². The van der Waals surface area contributed by atoms with Gasteiger partial charge in [0.15, 0.2) is 0 Å². The zero-order valence-electron chi connectivity index (χ0n) is 8.47. The monoisotopic (exact) mass is 226 g/mol. The number of carbonyl (C=O) groups is 1. The zero-order valence-corrected chi connectivity index (χ0v) is 9.29. The van der Waals surface area contributed by atoms with Gasteiger partial charge in [-0.1, -0.05) is 13.8 Å². The van der Waals surface area contributed by atoms with Crippen molar-refractivity contribution in [2.24, 2.45) is 5.92 Å². The lowest BCUT2D eigenvalue weighted by Crippen LogP contribution is -2.15. The van der Waals surface area contributed by atoms with E-state index in [0.717, 1.165) is 0 Å². The summed E-state index contributed by atoms with van der Waals surface area (Å²) in [5, 5.41) is 0. The first kappa shape index (κ1) is 13.7. The van der Waals surface area contributed by atoms with Gasteiger partial charge in [-0.25, -0.2) is 0 Å². The van der Waals surface area contributed by atoms with Crippen molar-refractivity contribution >= 4 is 16.8 Å². The second-order valence-electron chi connectivity index (χ2n) is 3.17. The van der Waals surface area contributed by atoms with Crippen molar-refractivity contribution in [1.29, 1.82) is 0 Å². The van der Waals surface area contributed by atoms with Crippen LogP contribution in [0.4, 0.5) is 0 Å². The number of hydrogen-bond donors (Lipinski definition) is 3. The summed E-state index contributed by atoms with van der Waals surface area (Å²) >= 11 is 0. The summed E-state index contributed by atoms with van der Waals surface area (Å²) in [5.41, 5.74) is 0. The highest BCUT2D eigenvalue weighted by Crippen LogP contribution is 2.32. The van der Waals surface area contributed by atoms with E-state index in [-0.39, 0.29) is 30.7 Å². The molecule has 0 aliphatic rings. The van der Waals surface area contributed by atoms with Gasteiger partial charge in [-0.3, -0.25) is 4.79 Å². The van der Waals surface area contributed by atoms with E-state index in [0.29, 0.717) is 6.42 Å². The third-order valence-electron chi connectivity index (χ3n) is 1.82. The molecule has 14 heavy (non-hydrogen) atoms. The Bertz CT molecular complexity index is 177. The third kappa shape index (κ3) is 7.14. The summed E-state index contributed by atoms with van der Waals surface area (Å²) < 4.78 is 30.6. The van der Waals surface area contributed by atoms with E-state index < -0.39 is 10.9 Å². The van der Waals surface area contributed by atoms with Crippen LogP contribution in [0.1, 0.15) is 26.7 Å². The highest BCUT2D eigenvalue weighted by molar-refractivity contribution is 8.19. The number of rotatable bonds is 6. The standard InChI is InChI=1S/C8H18O5S/c1-3-7(2)8(9)13-5-4-6-14(10,11)12/h7,10-12H,3-6H2,1-2H3. The third-order valence-corrected chi connectivity index (χ3v) is 2.66. The molecule has 0 fully saturated rings. The molecule has 0 radical (unpaired) electrons. The molecule has 1 unspecified atom stereocenters. The van der Waals surface area contributed by atoms with Gasteiger partial charge in [-0.15, -0.1) is 0 Å². The summed E-state index contributed by atoms with van der Waals surface area (Å²) in [6, 6.07) is 0. The van der Waals surface area contributed by atoms with Crippen molar-refractivity contribution in [3.05, 3.63) is 0 Å². The zero-order chi connectivity index (χ0) is 11.2. The molecule has 1 atom stereocenters. The van der Waals surface area contributed by atoms with Crippen molar-refractivity contribution in [3.8, 4) is 0 Å². The summed E-state index contributed by atoms with van der Waals surface area (Å²) in [6.07, 6.45) is 0.967. The Morgan fingerprint density at radius 3 is 2.43 bits per heavy atom. The van der Waals surface area contributed by atoms with Gasteiger partial charge in [0, 0.05) is 5.75 Å². The molecule has 0 saturated heterocycles. The summed E-state index contributed by atoms with van der Waals surface area (Å²) in [7, 11) is -3.44. The molecule has 0 rings (SSSR count). The molecular formula is C8H18O5S. The molecule has 0 heterocycles. The Hall–Kier alpha value is -0.300. The largest absolute Gasteiger partial charge is 0.465 e. The minimum absolute atomic E-state index is 0.111. The first-order chi connectivity index (χ1) is 6.37. The van der Waals surface area contributed by atoms with Gasteiger partial charge >= 0.3 is 5.97 Å². The Labute approximate surface area is 85.6 Å². The Morgan fingerprint density at radius 1 is 1.43 bits per heavy atom. The Kier molecular flexibility index (Phi) is 6.10. The molecule has 0 amide bonds. The maximum Gasteiger partial charge on any atom is 0.308 e. The van der Waals surface area contributed by atoms with Crippen molar-refractivity contribution in [2.45, 2.75) is 26.7 Å². The van der Waals surface area contributed by atoms with Gasteiger partial charge in [-0.2, -0.15) is 0 Å². The maximum absolute atomic E-state index is 11.1. The van der Waals surface area contributed by atoms with Crippen LogP contribution >= 0.6 is 10.9 Å². The SMILES string of the molecule is CCC(C)C(=O)OCCCS(O)(O)O. The van der Waals surface area contributed by atoms with Crippen LogP contribution in [0.3, 0.4) is 0 Å². The van der Waals surface area contributed by atoms with E-state index in [1.54, 1.807) is 6.92 Å². The molecule has 0 aliphatic heterocycles. The first-order valence-corrected chi connectivity index (χ1v) is 6.19. The number of carbonyl (C=O) groups excluding carboxylic acids is 1. The minimum Gasteiger partial charge on any atom is -0.465 e. The van der Waals surface area contributed by atoms with Gasteiger partial charge in [0.05, 0.1) is 23.4 Å². The van der Waals surface area contributed by atoms with Gasteiger partial charge in [0.1, 0.15) is 0 Å². The fourth-order valence-corrected chi connectivity index (χ4v) is 1.24. The number of ether oxygens (including phenoxy) is 1. The molecule has 0 spiro atoms. The first-order valence-electron chi connectivity index (χ1n) is 4.51. The van der Waals surface area contributed by atoms with Crippen LogP contribution in [-0.2, 0) is 9.53 Å². The highest BCUT2D eigenvalue weighted by Gasteiger charge is 2.14. The lowest BCUT2D eigenvalue weighted by Gasteiger charge is -2.18. The van der Waals surface area contributed by atoms with Crippen LogP contribution in [0.2, 0.25) is 0 Å². The summed E-state index contributed by atoms with van der Waals surface area (Å²) in [5.74, 6) is -0.577. The molecular weight excluding hydrogens is 208 g/mol. The van der Waals surface area contributed by atoms with E-state index in [2.05, 4.69) is 0 Å². The van der Waals surface area contributed by atoms with Crippen LogP contribution < -0.4 is 0 Å². The van der Waals surface area contributed by atoms with Crippen LogP contribution in [0, 0.1) is 5.92 Å². The highest BCUT2D eigenvalue weighted by atomic mass is 32.3. The normalized spacial score (nSPS) is 14.9. The molecule has 6 heteroatoms. The molecule has 0 bridgehead atoms. The Morgan fingerprint density at radius 2 is 2.00 bits per heavy atom. The van der Waals surface area contributed by atoms with Crippen molar-refractivity contribution in [2.75, 3.05) is 12.4 Å². The van der Waals surface area contributed by atoms with Crippen molar-refractivity contribution in [1.82, 2.24) is 0 Å². The molecule has 86 valence electrons. The van der Waals surface area contributed by atoms with E-state index in [1.807, 2.05) is 6.92 Å². The molecule has 0 saturated carbocycles. The molecule has 0 aliphatic carbocycles. The molecule has 0 aromatic heterocycles. The predicted molar refractivity (Wildman–Crippen MR) is 55.4 cm³/mol. The molecule has 0 aromatic rings. The number of esters is 1. The second-order valence-corrected chi connectivity index (χ2v) is 4.84. The van der Waals surface area contributed by atoms with Gasteiger partial charge < -0.3 is 18.4 Å². The minimum atomic E-state index is -3.44.